The quantitative estimate of drug-likeness (QED) is 0.121. The van der Waals surface area contributed by atoms with Crippen molar-refractivity contribution in [3.05, 3.63) is 0 Å². The fraction of sp³-hybridized carbons (Fsp3) is 0.938. The molecule has 1 N–H and O–H groups in total. The van der Waals surface area contributed by atoms with Crippen molar-refractivity contribution in [1.82, 2.24) is 0 Å². The van der Waals surface area contributed by atoms with Gasteiger partial charge in [-0.25, -0.2) is 4.79 Å². The van der Waals surface area contributed by atoms with E-state index in [0.717, 1.165) is 38.5 Å². The van der Waals surface area contributed by atoms with Crippen molar-refractivity contribution in [3.63, 3.8) is 0 Å². The van der Waals surface area contributed by atoms with Crippen LogP contribution in [0.4, 0.5) is 0 Å². The van der Waals surface area contributed by atoms with Gasteiger partial charge in [-0.2, -0.15) is 0 Å². The van der Waals surface area contributed by atoms with Gasteiger partial charge in [0, 0.05) is 0 Å². The van der Waals surface area contributed by atoms with E-state index in [4.69, 9.17) is 9.47 Å². The van der Waals surface area contributed by atoms with E-state index in [1.54, 1.807) is 0 Å². The van der Waals surface area contributed by atoms with E-state index < -0.39 is 34.2 Å². The summed E-state index contributed by atoms with van der Waals surface area (Å²) in [5.41, 5.74) is 2.30. The summed E-state index contributed by atoms with van der Waals surface area (Å²) >= 11 is 0. The average Bonchev–Trinajstić information content (AvgIpc) is 2.79. The predicted molar refractivity (Wildman–Crippen MR) is 172 cm³/mol. The third-order valence-electron chi connectivity index (χ3n) is 9.92. The maximum absolute atomic E-state index is 13.3. The SMILES string of the molecule is CCCCC(OC(=O)CC(O)C(=O)OC(CCCC)[Si](C(C)C)(C(C)C)C(C)C)[Si](C(C)C)(C(C)C)C(C)C. The summed E-state index contributed by atoms with van der Waals surface area (Å²) in [6, 6.07) is 0. The number of rotatable bonds is 19. The van der Waals surface area contributed by atoms with Crippen molar-refractivity contribution < 1.29 is 24.2 Å². The zero-order valence-electron chi connectivity index (χ0n) is 28.2. The summed E-state index contributed by atoms with van der Waals surface area (Å²) in [5, 5.41) is 10.9. The van der Waals surface area contributed by atoms with Gasteiger partial charge >= 0.3 is 11.9 Å². The van der Waals surface area contributed by atoms with Crippen LogP contribution in [-0.4, -0.2) is 50.8 Å². The third kappa shape index (κ3) is 9.16. The molecule has 5 nitrogen and oxygen atoms in total. The second kappa shape index (κ2) is 17.3. The zero-order chi connectivity index (χ0) is 30.7. The lowest BCUT2D eigenvalue weighted by Gasteiger charge is -2.48. The van der Waals surface area contributed by atoms with Crippen molar-refractivity contribution in [3.8, 4) is 0 Å². The Morgan fingerprint density at radius 2 is 0.897 bits per heavy atom. The second-order valence-electron chi connectivity index (χ2n) is 13.8. The number of aliphatic hydroxyl groups is 1. The third-order valence-corrected chi connectivity index (χ3v) is 25.0. The van der Waals surface area contributed by atoms with Crippen LogP contribution in [0.5, 0.6) is 0 Å². The van der Waals surface area contributed by atoms with Crippen molar-refractivity contribution in [2.24, 2.45) is 0 Å². The normalized spacial score (nSPS) is 15.5. The lowest BCUT2D eigenvalue weighted by molar-refractivity contribution is -0.163. The van der Waals surface area contributed by atoms with Crippen LogP contribution < -0.4 is 0 Å². The predicted octanol–water partition coefficient (Wildman–Crippen LogP) is 9.38. The highest BCUT2D eigenvalue weighted by atomic mass is 28.3. The molecule has 0 aromatic rings. The Balaban J connectivity index is 5.98. The van der Waals surface area contributed by atoms with Gasteiger partial charge in [0.25, 0.3) is 0 Å². The Kier molecular flexibility index (Phi) is 17.0. The molecule has 7 heteroatoms. The van der Waals surface area contributed by atoms with Crippen LogP contribution in [0.2, 0.25) is 33.2 Å². The van der Waals surface area contributed by atoms with Gasteiger partial charge in [-0.1, -0.05) is 123 Å². The Morgan fingerprint density at radius 3 is 1.18 bits per heavy atom. The summed E-state index contributed by atoms with van der Waals surface area (Å²) < 4.78 is 12.4. The van der Waals surface area contributed by atoms with Crippen LogP contribution in [0.1, 0.15) is 142 Å². The number of hydrogen-bond acceptors (Lipinski definition) is 5. The number of ether oxygens (including phenoxy) is 2. The van der Waals surface area contributed by atoms with Gasteiger partial charge in [-0.15, -0.1) is 0 Å². The fourth-order valence-electron chi connectivity index (χ4n) is 8.50. The molecule has 0 saturated heterocycles. The number of carbonyl (C=O) groups excluding carboxylic acids is 2. The van der Waals surface area contributed by atoms with E-state index in [-0.39, 0.29) is 17.9 Å². The molecular weight excluding hydrogens is 521 g/mol. The molecule has 3 unspecified atom stereocenters. The smallest absolute Gasteiger partial charge is 0.335 e. The van der Waals surface area contributed by atoms with E-state index in [1.165, 1.54) is 0 Å². The number of esters is 2. The molecule has 0 bridgehead atoms. The molecule has 0 fully saturated rings. The van der Waals surface area contributed by atoms with Crippen molar-refractivity contribution in [2.75, 3.05) is 0 Å². The minimum absolute atomic E-state index is 0.131. The summed E-state index contributed by atoms with van der Waals surface area (Å²) in [5.74, 6) is -1.15. The van der Waals surface area contributed by atoms with Crippen LogP contribution in [-0.2, 0) is 19.1 Å². The topological polar surface area (TPSA) is 72.8 Å². The number of carbonyl (C=O) groups is 2. The first-order valence-electron chi connectivity index (χ1n) is 16.1. The first-order chi connectivity index (χ1) is 18.0. The molecule has 232 valence electrons. The first kappa shape index (κ1) is 38.3. The largest absolute Gasteiger partial charge is 0.466 e. The molecule has 0 rings (SSSR count). The van der Waals surface area contributed by atoms with Gasteiger partial charge in [0.2, 0.25) is 0 Å². The number of unbranched alkanes of at least 4 members (excludes halogenated alkanes) is 2. The van der Waals surface area contributed by atoms with Gasteiger partial charge in [-0.05, 0) is 46.1 Å². The molecule has 0 aliphatic carbocycles. The standard InChI is InChI=1S/C32H66O5Si2/c1-15-17-19-30(38(22(3)4,23(5)6)24(7)8)36-29(34)21-28(33)32(35)37-31(20-18-16-2)39(25(9)10,26(11)12)27(13)14/h22-28,30-31,33H,15-21H2,1-14H3. The highest BCUT2D eigenvalue weighted by Gasteiger charge is 2.52. The van der Waals surface area contributed by atoms with Crippen molar-refractivity contribution >= 4 is 28.1 Å². The molecule has 0 amide bonds. The lowest BCUT2D eigenvalue weighted by atomic mass is 10.2. The molecule has 39 heavy (non-hydrogen) atoms. The maximum atomic E-state index is 13.3. The maximum Gasteiger partial charge on any atom is 0.335 e. The monoisotopic (exact) mass is 586 g/mol. The minimum atomic E-state index is -2.11. The summed E-state index contributed by atoms with van der Waals surface area (Å²) in [6.07, 6.45) is 3.83. The van der Waals surface area contributed by atoms with E-state index in [9.17, 15) is 14.7 Å². The minimum Gasteiger partial charge on any atom is -0.466 e. The molecule has 0 radical (unpaired) electrons. The van der Waals surface area contributed by atoms with Crippen LogP contribution >= 0.6 is 0 Å². The highest BCUT2D eigenvalue weighted by molar-refractivity contribution is 6.85. The van der Waals surface area contributed by atoms with E-state index in [1.807, 2.05) is 0 Å². The zero-order valence-corrected chi connectivity index (χ0v) is 30.2. The average molecular weight is 587 g/mol. The Labute approximate surface area is 244 Å². The second-order valence-corrected chi connectivity index (χ2v) is 26.1. The van der Waals surface area contributed by atoms with Gasteiger partial charge in [0.15, 0.2) is 6.10 Å². The lowest BCUT2D eigenvalue weighted by Crippen LogP contribution is -2.58. The Bertz CT molecular complexity index is 674. The molecule has 0 aromatic heterocycles. The molecule has 0 heterocycles. The van der Waals surface area contributed by atoms with E-state index in [2.05, 4.69) is 96.9 Å². The molecule has 0 saturated carbocycles. The number of aliphatic hydroxyl groups excluding tert-OH is 1. The van der Waals surface area contributed by atoms with Crippen molar-refractivity contribution in [1.29, 1.82) is 0 Å². The van der Waals surface area contributed by atoms with Crippen LogP contribution in [0, 0.1) is 0 Å². The number of hydrogen-bond donors (Lipinski definition) is 1. The van der Waals surface area contributed by atoms with Gasteiger partial charge in [0.1, 0.15) is 16.1 Å². The molecule has 0 spiro atoms. The summed E-state index contributed by atoms with van der Waals surface area (Å²) in [6.45, 7) is 31.5. The highest BCUT2D eigenvalue weighted by Crippen LogP contribution is 2.47. The van der Waals surface area contributed by atoms with Crippen LogP contribution in [0.15, 0.2) is 0 Å². The fourth-order valence-corrected chi connectivity index (χ4v) is 23.0. The molecule has 0 aliphatic rings. The molecule has 0 aromatic carbocycles. The van der Waals surface area contributed by atoms with Gasteiger partial charge < -0.3 is 14.6 Å². The van der Waals surface area contributed by atoms with E-state index >= 15 is 0 Å². The van der Waals surface area contributed by atoms with E-state index in [0.29, 0.717) is 33.2 Å². The first-order valence-corrected chi connectivity index (χ1v) is 20.7. The van der Waals surface area contributed by atoms with Crippen LogP contribution in [0.3, 0.4) is 0 Å². The summed E-state index contributed by atoms with van der Waals surface area (Å²) in [4.78, 5) is 26.6. The van der Waals surface area contributed by atoms with Gasteiger partial charge in [-0.3, -0.25) is 4.79 Å². The Hall–Kier alpha value is -0.666. The molecular formula is C32H66O5Si2. The Morgan fingerprint density at radius 1 is 0.590 bits per heavy atom. The van der Waals surface area contributed by atoms with Gasteiger partial charge in [0.05, 0.1) is 17.9 Å². The van der Waals surface area contributed by atoms with Crippen molar-refractivity contribution in [2.45, 2.75) is 193 Å². The molecule has 0 aliphatic heterocycles. The molecule has 3 atom stereocenters. The van der Waals surface area contributed by atoms with Crippen LogP contribution in [0.25, 0.3) is 0 Å². The summed E-state index contributed by atoms with van der Waals surface area (Å²) in [7, 11) is -4.19.